The molecule has 3 N–H and O–H groups in total. The van der Waals surface area contributed by atoms with E-state index in [0.717, 1.165) is 0 Å². The van der Waals surface area contributed by atoms with Crippen LogP contribution in [0.25, 0.3) is 0 Å². The Hall–Kier alpha value is -3.02. The number of hydrogen-bond acceptors (Lipinski definition) is 4. The van der Waals surface area contributed by atoms with Crippen LogP contribution >= 0.6 is 0 Å². The van der Waals surface area contributed by atoms with Crippen molar-refractivity contribution in [3.8, 4) is 5.75 Å². The van der Waals surface area contributed by atoms with Crippen LogP contribution in [0.4, 0.5) is 11.4 Å². The standard InChI is InChI=1S/C20H25N3O3/c1-4-26-18-10-6-9-17(12-18)23-19(24)13-21-16-8-5-7-15(11-16)20(25)22-14(2)3/h5-12,14,21H,4,13H2,1-3H3,(H,22,25)(H,23,24). The number of amides is 2. The monoisotopic (exact) mass is 355 g/mol. The third-order valence-corrected chi connectivity index (χ3v) is 3.43. The van der Waals surface area contributed by atoms with Crippen LogP contribution in [0.1, 0.15) is 31.1 Å². The van der Waals surface area contributed by atoms with Crippen molar-refractivity contribution in [3.05, 3.63) is 54.1 Å². The number of ether oxygens (including phenoxy) is 1. The number of anilines is 2. The van der Waals surface area contributed by atoms with E-state index >= 15 is 0 Å². The van der Waals surface area contributed by atoms with E-state index in [2.05, 4.69) is 16.0 Å². The van der Waals surface area contributed by atoms with E-state index in [4.69, 9.17) is 4.74 Å². The average molecular weight is 355 g/mol. The molecule has 0 bridgehead atoms. The number of benzene rings is 2. The summed E-state index contributed by atoms with van der Waals surface area (Å²) in [6, 6.07) is 14.4. The van der Waals surface area contributed by atoms with Crippen LogP contribution in [0.15, 0.2) is 48.5 Å². The minimum absolute atomic E-state index is 0.0670. The van der Waals surface area contributed by atoms with E-state index in [-0.39, 0.29) is 24.4 Å². The van der Waals surface area contributed by atoms with Gasteiger partial charge in [-0.05, 0) is 51.1 Å². The molecule has 0 aliphatic rings. The van der Waals surface area contributed by atoms with Gasteiger partial charge in [0.1, 0.15) is 5.75 Å². The Balaban J connectivity index is 1.91. The van der Waals surface area contributed by atoms with Crippen molar-refractivity contribution >= 4 is 23.2 Å². The van der Waals surface area contributed by atoms with Gasteiger partial charge in [0.15, 0.2) is 0 Å². The van der Waals surface area contributed by atoms with Crippen molar-refractivity contribution in [1.29, 1.82) is 0 Å². The summed E-state index contributed by atoms with van der Waals surface area (Å²) in [5.74, 6) is 0.388. The van der Waals surface area contributed by atoms with Gasteiger partial charge in [0, 0.05) is 29.0 Å². The molecule has 2 amide bonds. The Morgan fingerprint density at radius 3 is 2.50 bits per heavy atom. The second kappa shape index (κ2) is 9.46. The normalized spacial score (nSPS) is 10.3. The highest BCUT2D eigenvalue weighted by Crippen LogP contribution is 2.17. The van der Waals surface area contributed by atoms with E-state index in [1.165, 1.54) is 0 Å². The van der Waals surface area contributed by atoms with Crippen LogP contribution in [0.5, 0.6) is 5.75 Å². The molecular formula is C20H25N3O3. The van der Waals surface area contributed by atoms with Crippen molar-refractivity contribution in [2.24, 2.45) is 0 Å². The lowest BCUT2D eigenvalue weighted by Crippen LogP contribution is -2.30. The first-order valence-electron chi connectivity index (χ1n) is 8.65. The molecule has 0 saturated heterocycles. The molecule has 0 spiro atoms. The van der Waals surface area contributed by atoms with Gasteiger partial charge in [0.2, 0.25) is 5.91 Å². The number of nitrogens with one attached hydrogen (secondary N) is 3. The lowest BCUT2D eigenvalue weighted by atomic mass is 10.1. The van der Waals surface area contributed by atoms with Gasteiger partial charge in [0.05, 0.1) is 13.2 Å². The molecule has 0 saturated carbocycles. The molecule has 2 aromatic carbocycles. The first-order chi connectivity index (χ1) is 12.5. The molecule has 26 heavy (non-hydrogen) atoms. The molecule has 6 heteroatoms. The molecule has 6 nitrogen and oxygen atoms in total. The molecule has 0 unspecified atom stereocenters. The zero-order valence-electron chi connectivity index (χ0n) is 15.3. The number of carbonyl (C=O) groups excluding carboxylic acids is 2. The SMILES string of the molecule is CCOc1cccc(NC(=O)CNc2cccc(C(=O)NC(C)C)c2)c1. The highest BCUT2D eigenvalue weighted by Gasteiger charge is 2.08. The van der Waals surface area contributed by atoms with Crippen LogP contribution in [-0.4, -0.2) is 31.0 Å². The minimum atomic E-state index is -0.185. The van der Waals surface area contributed by atoms with Crippen LogP contribution < -0.4 is 20.7 Å². The zero-order valence-corrected chi connectivity index (χ0v) is 15.3. The maximum atomic E-state index is 12.1. The molecule has 0 aliphatic carbocycles. The number of rotatable bonds is 8. The highest BCUT2D eigenvalue weighted by atomic mass is 16.5. The Morgan fingerprint density at radius 1 is 1.04 bits per heavy atom. The lowest BCUT2D eigenvalue weighted by molar-refractivity contribution is -0.114. The molecule has 0 fully saturated rings. The van der Waals surface area contributed by atoms with Crippen molar-refractivity contribution in [2.45, 2.75) is 26.8 Å². The topological polar surface area (TPSA) is 79.5 Å². The van der Waals surface area contributed by atoms with Gasteiger partial charge in [-0.3, -0.25) is 9.59 Å². The summed E-state index contributed by atoms with van der Waals surface area (Å²) in [5, 5.41) is 8.69. The van der Waals surface area contributed by atoms with Gasteiger partial charge in [-0.25, -0.2) is 0 Å². The average Bonchev–Trinajstić information content (AvgIpc) is 2.60. The lowest BCUT2D eigenvalue weighted by Gasteiger charge is -2.11. The third-order valence-electron chi connectivity index (χ3n) is 3.43. The molecule has 0 radical (unpaired) electrons. The molecule has 0 aromatic heterocycles. The predicted octanol–water partition coefficient (Wildman–Crippen LogP) is 3.27. The molecule has 0 atom stereocenters. The van der Waals surface area contributed by atoms with Gasteiger partial charge in [0.25, 0.3) is 5.91 Å². The summed E-state index contributed by atoms with van der Waals surface area (Å²) in [5.41, 5.74) is 1.93. The highest BCUT2D eigenvalue weighted by molar-refractivity contribution is 5.96. The van der Waals surface area contributed by atoms with Gasteiger partial charge in [-0.15, -0.1) is 0 Å². The second-order valence-corrected chi connectivity index (χ2v) is 6.07. The summed E-state index contributed by atoms with van der Waals surface area (Å²) in [6.45, 7) is 6.38. The van der Waals surface area contributed by atoms with Crippen molar-refractivity contribution in [1.82, 2.24) is 5.32 Å². The Kier molecular flexibility index (Phi) is 7.02. The Morgan fingerprint density at radius 2 is 1.77 bits per heavy atom. The molecule has 138 valence electrons. The third kappa shape index (κ3) is 6.12. The number of hydrogen-bond donors (Lipinski definition) is 3. The predicted molar refractivity (Wildman–Crippen MR) is 104 cm³/mol. The van der Waals surface area contributed by atoms with E-state index in [1.807, 2.05) is 39.0 Å². The fourth-order valence-corrected chi connectivity index (χ4v) is 2.33. The smallest absolute Gasteiger partial charge is 0.251 e. The molecule has 0 heterocycles. The maximum Gasteiger partial charge on any atom is 0.251 e. The van der Waals surface area contributed by atoms with Gasteiger partial charge < -0.3 is 20.7 Å². The molecule has 2 rings (SSSR count). The maximum absolute atomic E-state index is 12.1. The fourth-order valence-electron chi connectivity index (χ4n) is 2.33. The molecular weight excluding hydrogens is 330 g/mol. The zero-order chi connectivity index (χ0) is 18.9. The summed E-state index contributed by atoms with van der Waals surface area (Å²) in [7, 11) is 0. The first-order valence-corrected chi connectivity index (χ1v) is 8.65. The van der Waals surface area contributed by atoms with Crippen molar-refractivity contribution in [3.63, 3.8) is 0 Å². The molecule has 0 aliphatic heterocycles. The quantitative estimate of drug-likeness (QED) is 0.679. The first kappa shape index (κ1) is 19.3. The Labute approximate surface area is 153 Å². The summed E-state index contributed by atoms with van der Waals surface area (Å²) >= 11 is 0. The van der Waals surface area contributed by atoms with Crippen molar-refractivity contribution in [2.75, 3.05) is 23.8 Å². The summed E-state index contributed by atoms with van der Waals surface area (Å²) in [6.07, 6.45) is 0. The molecule has 2 aromatic rings. The largest absolute Gasteiger partial charge is 0.494 e. The van der Waals surface area contributed by atoms with Crippen molar-refractivity contribution < 1.29 is 14.3 Å². The van der Waals surface area contributed by atoms with Gasteiger partial charge in [-0.1, -0.05) is 12.1 Å². The Bertz CT molecular complexity index is 759. The second-order valence-electron chi connectivity index (χ2n) is 6.07. The van der Waals surface area contributed by atoms with Gasteiger partial charge >= 0.3 is 0 Å². The van der Waals surface area contributed by atoms with Gasteiger partial charge in [-0.2, -0.15) is 0 Å². The minimum Gasteiger partial charge on any atom is -0.494 e. The van der Waals surface area contributed by atoms with E-state index < -0.39 is 0 Å². The number of carbonyl (C=O) groups is 2. The van der Waals surface area contributed by atoms with E-state index in [9.17, 15) is 9.59 Å². The van der Waals surface area contributed by atoms with E-state index in [0.29, 0.717) is 29.3 Å². The van der Waals surface area contributed by atoms with Crippen LogP contribution in [0, 0.1) is 0 Å². The van der Waals surface area contributed by atoms with Crippen LogP contribution in [0.2, 0.25) is 0 Å². The summed E-state index contributed by atoms with van der Waals surface area (Å²) in [4.78, 5) is 24.2. The van der Waals surface area contributed by atoms with Crippen LogP contribution in [-0.2, 0) is 4.79 Å². The van der Waals surface area contributed by atoms with E-state index in [1.54, 1.807) is 30.3 Å². The van der Waals surface area contributed by atoms with Crippen LogP contribution in [0.3, 0.4) is 0 Å². The fraction of sp³-hybridized carbons (Fsp3) is 0.300. The summed E-state index contributed by atoms with van der Waals surface area (Å²) < 4.78 is 5.42.